The van der Waals surface area contributed by atoms with Crippen molar-refractivity contribution in [2.45, 2.75) is 0 Å². The number of amides is 1. The molecule has 2 aromatic heterocycles. The highest BCUT2D eigenvalue weighted by molar-refractivity contribution is 5.97. The number of para-hydroxylation sites is 2. The van der Waals surface area contributed by atoms with Crippen molar-refractivity contribution in [3.05, 3.63) is 91.0 Å². The Morgan fingerprint density at radius 3 is 2.25 bits per heavy atom. The van der Waals surface area contributed by atoms with E-state index in [0.29, 0.717) is 43.2 Å². The van der Waals surface area contributed by atoms with E-state index in [1.165, 1.54) is 0 Å². The van der Waals surface area contributed by atoms with Crippen LogP contribution in [0.1, 0.15) is 10.4 Å². The SMILES string of the molecule is O=C(c1ccccc1Oc1ccccc1)N1CCN(c2ccc(-n3ccnc3)nn2)CC1. The molecular weight excluding hydrogens is 404 g/mol. The monoisotopic (exact) mass is 426 g/mol. The van der Waals surface area contributed by atoms with Gasteiger partial charge in [-0.2, -0.15) is 0 Å². The van der Waals surface area contributed by atoms with Crippen LogP contribution in [0.25, 0.3) is 5.82 Å². The quantitative estimate of drug-likeness (QED) is 0.487. The van der Waals surface area contributed by atoms with Crippen molar-refractivity contribution in [2.75, 3.05) is 31.1 Å². The number of nitrogens with zero attached hydrogens (tertiary/aromatic N) is 6. The van der Waals surface area contributed by atoms with Gasteiger partial charge in [0.05, 0.1) is 5.56 Å². The summed E-state index contributed by atoms with van der Waals surface area (Å²) in [7, 11) is 0. The second-order valence-corrected chi connectivity index (χ2v) is 7.41. The molecule has 0 radical (unpaired) electrons. The number of imidazole rings is 1. The van der Waals surface area contributed by atoms with Gasteiger partial charge in [-0.1, -0.05) is 30.3 Å². The van der Waals surface area contributed by atoms with Gasteiger partial charge in [0.1, 0.15) is 17.8 Å². The number of hydrogen-bond donors (Lipinski definition) is 0. The molecule has 1 fully saturated rings. The Bertz CT molecular complexity index is 1170. The smallest absolute Gasteiger partial charge is 0.257 e. The summed E-state index contributed by atoms with van der Waals surface area (Å²) >= 11 is 0. The fourth-order valence-electron chi connectivity index (χ4n) is 3.68. The number of carbonyl (C=O) groups is 1. The topological polar surface area (TPSA) is 76.4 Å². The van der Waals surface area contributed by atoms with Gasteiger partial charge in [0.2, 0.25) is 0 Å². The van der Waals surface area contributed by atoms with Crippen LogP contribution in [0, 0.1) is 0 Å². The molecule has 2 aromatic carbocycles. The first kappa shape index (κ1) is 19.7. The Kier molecular flexibility index (Phi) is 5.48. The third-order valence-electron chi connectivity index (χ3n) is 5.38. The number of piperazine rings is 1. The molecule has 4 aromatic rings. The third-order valence-corrected chi connectivity index (χ3v) is 5.38. The van der Waals surface area contributed by atoms with Crippen molar-refractivity contribution < 1.29 is 9.53 Å². The van der Waals surface area contributed by atoms with Crippen LogP contribution >= 0.6 is 0 Å². The van der Waals surface area contributed by atoms with Gasteiger partial charge in [-0.3, -0.25) is 9.36 Å². The zero-order valence-corrected chi connectivity index (χ0v) is 17.4. The molecule has 32 heavy (non-hydrogen) atoms. The summed E-state index contributed by atoms with van der Waals surface area (Å²) in [4.78, 5) is 21.2. The molecular formula is C24H22N6O2. The van der Waals surface area contributed by atoms with Crippen LogP contribution in [0.3, 0.4) is 0 Å². The highest BCUT2D eigenvalue weighted by atomic mass is 16.5. The van der Waals surface area contributed by atoms with E-state index in [0.717, 1.165) is 11.6 Å². The molecule has 1 saturated heterocycles. The lowest BCUT2D eigenvalue weighted by Crippen LogP contribution is -2.49. The zero-order chi connectivity index (χ0) is 21.8. The van der Waals surface area contributed by atoms with Gasteiger partial charge in [0, 0.05) is 38.6 Å². The van der Waals surface area contributed by atoms with Crippen molar-refractivity contribution in [1.29, 1.82) is 0 Å². The Morgan fingerprint density at radius 1 is 0.812 bits per heavy atom. The van der Waals surface area contributed by atoms with E-state index in [1.807, 2.05) is 82.4 Å². The minimum atomic E-state index is -0.0299. The number of carbonyl (C=O) groups excluding carboxylic acids is 1. The Morgan fingerprint density at radius 2 is 1.53 bits per heavy atom. The lowest BCUT2D eigenvalue weighted by atomic mass is 10.1. The van der Waals surface area contributed by atoms with Crippen molar-refractivity contribution in [1.82, 2.24) is 24.6 Å². The summed E-state index contributed by atoms with van der Waals surface area (Å²) in [6.07, 6.45) is 5.22. The predicted octanol–water partition coefficient (Wildman–Crippen LogP) is 3.42. The molecule has 1 aliphatic rings. The van der Waals surface area contributed by atoms with E-state index in [4.69, 9.17) is 4.74 Å². The maximum atomic E-state index is 13.2. The van der Waals surface area contributed by atoms with Gasteiger partial charge in [-0.15, -0.1) is 10.2 Å². The van der Waals surface area contributed by atoms with Gasteiger partial charge < -0.3 is 14.5 Å². The molecule has 5 rings (SSSR count). The molecule has 0 aliphatic carbocycles. The van der Waals surface area contributed by atoms with Crippen molar-refractivity contribution in [3.63, 3.8) is 0 Å². The fourth-order valence-corrected chi connectivity index (χ4v) is 3.68. The number of rotatable bonds is 5. The molecule has 0 atom stereocenters. The molecule has 3 heterocycles. The van der Waals surface area contributed by atoms with E-state index < -0.39 is 0 Å². The van der Waals surface area contributed by atoms with Crippen molar-refractivity contribution >= 4 is 11.7 Å². The molecule has 0 unspecified atom stereocenters. The molecule has 8 heteroatoms. The molecule has 8 nitrogen and oxygen atoms in total. The molecule has 0 spiro atoms. The largest absolute Gasteiger partial charge is 0.457 e. The average molecular weight is 426 g/mol. The summed E-state index contributed by atoms with van der Waals surface area (Å²) in [5.74, 6) is 2.75. The van der Waals surface area contributed by atoms with E-state index in [2.05, 4.69) is 20.1 Å². The van der Waals surface area contributed by atoms with Crippen LogP contribution in [-0.4, -0.2) is 56.7 Å². The Hall–Kier alpha value is -4.20. The average Bonchev–Trinajstić information content (AvgIpc) is 3.40. The van der Waals surface area contributed by atoms with Gasteiger partial charge in [-0.05, 0) is 36.4 Å². The van der Waals surface area contributed by atoms with Crippen LogP contribution < -0.4 is 9.64 Å². The normalized spacial score (nSPS) is 13.8. The van der Waals surface area contributed by atoms with E-state index in [-0.39, 0.29) is 5.91 Å². The highest BCUT2D eigenvalue weighted by Gasteiger charge is 2.25. The standard InChI is InChI=1S/C24H22N6O2/c31-24(20-8-4-5-9-21(20)32-19-6-2-1-3-7-19)29-16-14-28(15-17-29)22-10-11-23(27-26-22)30-13-12-25-18-30/h1-13,18H,14-17H2. The number of hydrogen-bond acceptors (Lipinski definition) is 6. The second-order valence-electron chi connectivity index (χ2n) is 7.41. The molecule has 0 N–H and O–H groups in total. The minimum absolute atomic E-state index is 0.0299. The second kappa shape index (κ2) is 8.89. The summed E-state index contributed by atoms with van der Waals surface area (Å²) in [5, 5.41) is 8.63. The van der Waals surface area contributed by atoms with E-state index >= 15 is 0 Å². The molecule has 0 saturated carbocycles. The Balaban J connectivity index is 1.24. The van der Waals surface area contributed by atoms with Gasteiger partial charge in [0.15, 0.2) is 11.6 Å². The van der Waals surface area contributed by atoms with Crippen LogP contribution in [0.5, 0.6) is 11.5 Å². The maximum Gasteiger partial charge on any atom is 0.257 e. The van der Waals surface area contributed by atoms with Crippen molar-refractivity contribution in [2.24, 2.45) is 0 Å². The van der Waals surface area contributed by atoms with Crippen LogP contribution in [0.2, 0.25) is 0 Å². The van der Waals surface area contributed by atoms with Crippen LogP contribution in [0.15, 0.2) is 85.5 Å². The first-order valence-corrected chi connectivity index (χ1v) is 10.5. The third kappa shape index (κ3) is 4.15. The van der Waals surface area contributed by atoms with Gasteiger partial charge in [-0.25, -0.2) is 4.98 Å². The highest BCUT2D eigenvalue weighted by Crippen LogP contribution is 2.26. The first-order chi connectivity index (χ1) is 15.8. The van der Waals surface area contributed by atoms with E-state index in [1.54, 1.807) is 12.5 Å². The van der Waals surface area contributed by atoms with Crippen LogP contribution in [0.4, 0.5) is 5.82 Å². The zero-order valence-electron chi connectivity index (χ0n) is 17.4. The first-order valence-electron chi connectivity index (χ1n) is 10.5. The molecule has 0 bridgehead atoms. The lowest BCUT2D eigenvalue weighted by Gasteiger charge is -2.35. The maximum absolute atomic E-state index is 13.2. The molecule has 1 amide bonds. The number of ether oxygens (including phenoxy) is 1. The number of benzene rings is 2. The summed E-state index contributed by atoms with van der Waals surface area (Å²) in [6, 6.07) is 20.7. The molecule has 1 aliphatic heterocycles. The van der Waals surface area contributed by atoms with Gasteiger partial charge >= 0.3 is 0 Å². The fraction of sp³-hybridized carbons (Fsp3) is 0.167. The molecule has 160 valence electrons. The summed E-state index contributed by atoms with van der Waals surface area (Å²) < 4.78 is 7.78. The van der Waals surface area contributed by atoms with E-state index in [9.17, 15) is 4.79 Å². The lowest BCUT2D eigenvalue weighted by molar-refractivity contribution is 0.0744. The van der Waals surface area contributed by atoms with Crippen LogP contribution in [-0.2, 0) is 0 Å². The number of anilines is 1. The van der Waals surface area contributed by atoms with Gasteiger partial charge in [0.25, 0.3) is 5.91 Å². The van der Waals surface area contributed by atoms with Crippen molar-refractivity contribution in [3.8, 4) is 17.3 Å². The Labute approximate surface area is 185 Å². The number of aromatic nitrogens is 4. The summed E-state index contributed by atoms with van der Waals surface area (Å²) in [6.45, 7) is 2.58. The summed E-state index contributed by atoms with van der Waals surface area (Å²) in [5.41, 5.74) is 0.564. The predicted molar refractivity (Wildman–Crippen MR) is 120 cm³/mol. The minimum Gasteiger partial charge on any atom is -0.457 e.